The molecule has 4 atom stereocenters. The number of nitrogens with zero attached hydrogens (tertiary/aromatic N) is 2. The molecule has 2 aromatic rings. The van der Waals surface area contributed by atoms with E-state index in [1.165, 1.54) is 12.0 Å². The van der Waals surface area contributed by atoms with Gasteiger partial charge >= 0.3 is 0 Å². The van der Waals surface area contributed by atoms with Crippen molar-refractivity contribution in [1.82, 2.24) is 4.90 Å². The Labute approximate surface area is 197 Å². The van der Waals surface area contributed by atoms with Crippen LogP contribution in [0.25, 0.3) is 6.08 Å². The zero-order valence-electron chi connectivity index (χ0n) is 18.9. The van der Waals surface area contributed by atoms with Crippen molar-refractivity contribution in [3.05, 3.63) is 64.8 Å². The molecule has 3 aliphatic rings. The molecule has 7 heteroatoms. The summed E-state index contributed by atoms with van der Waals surface area (Å²) < 4.78 is 5.43. The second-order valence-corrected chi connectivity index (χ2v) is 10.2. The number of anilines is 1. The Morgan fingerprint density at radius 2 is 1.73 bits per heavy atom. The first-order chi connectivity index (χ1) is 15.6. The molecular weight excluding hydrogens is 440 g/mol. The van der Waals surface area contributed by atoms with E-state index in [2.05, 4.69) is 0 Å². The van der Waals surface area contributed by atoms with Crippen LogP contribution in [0.2, 0.25) is 5.02 Å². The minimum Gasteiger partial charge on any atom is -0.495 e. The van der Waals surface area contributed by atoms with Crippen molar-refractivity contribution >= 4 is 41.0 Å². The van der Waals surface area contributed by atoms with Crippen molar-refractivity contribution < 1.29 is 19.1 Å². The van der Waals surface area contributed by atoms with E-state index in [1.807, 2.05) is 62.2 Å². The number of fused-ring (bicyclic) bond motifs is 5. The SMILES string of the molecule is COc1ccc(Cl)cc1N1C(=O)[C@@H]2[C@H](C1=O)[C@@H]1c3ccccc3C=CN1[C@@H]2C(=O)C(C)(C)C. The highest BCUT2D eigenvalue weighted by Crippen LogP contribution is 2.55. The van der Waals surface area contributed by atoms with E-state index in [0.29, 0.717) is 16.5 Å². The Balaban J connectivity index is 1.69. The van der Waals surface area contributed by atoms with Crippen molar-refractivity contribution in [2.75, 3.05) is 12.0 Å². The third-order valence-electron chi connectivity index (χ3n) is 6.85. The molecule has 3 aliphatic heterocycles. The van der Waals surface area contributed by atoms with Crippen LogP contribution in [0.5, 0.6) is 5.75 Å². The molecule has 0 bridgehead atoms. The predicted molar refractivity (Wildman–Crippen MR) is 126 cm³/mol. The average molecular weight is 465 g/mol. The molecule has 33 heavy (non-hydrogen) atoms. The zero-order valence-corrected chi connectivity index (χ0v) is 19.7. The van der Waals surface area contributed by atoms with Crippen LogP contribution >= 0.6 is 11.6 Å². The monoisotopic (exact) mass is 464 g/mol. The number of imide groups is 1. The maximum Gasteiger partial charge on any atom is 0.240 e. The van der Waals surface area contributed by atoms with E-state index in [4.69, 9.17) is 16.3 Å². The number of methoxy groups -OCH3 is 1. The molecule has 0 spiro atoms. The second-order valence-electron chi connectivity index (χ2n) is 9.78. The number of ether oxygens (including phenoxy) is 1. The molecule has 0 unspecified atom stereocenters. The molecule has 2 fully saturated rings. The van der Waals surface area contributed by atoms with Crippen molar-refractivity contribution in [1.29, 1.82) is 0 Å². The molecule has 2 saturated heterocycles. The summed E-state index contributed by atoms with van der Waals surface area (Å²) in [5.74, 6) is -1.91. The first-order valence-electron chi connectivity index (χ1n) is 11.0. The van der Waals surface area contributed by atoms with Gasteiger partial charge in [-0.05, 0) is 35.4 Å². The number of amides is 2. The van der Waals surface area contributed by atoms with E-state index in [1.54, 1.807) is 18.2 Å². The van der Waals surface area contributed by atoms with Crippen LogP contribution in [0.15, 0.2) is 48.7 Å². The average Bonchev–Trinajstić information content (AvgIpc) is 3.25. The lowest BCUT2D eigenvalue weighted by molar-refractivity contribution is -0.135. The molecule has 0 radical (unpaired) electrons. The molecule has 2 aromatic carbocycles. The Kier molecular flexibility index (Phi) is 4.90. The molecular formula is C26H25ClN2O4. The minimum absolute atomic E-state index is 0.0647. The second kappa shape index (κ2) is 7.45. The van der Waals surface area contributed by atoms with Crippen molar-refractivity contribution in [3.8, 4) is 5.75 Å². The predicted octanol–water partition coefficient (Wildman–Crippen LogP) is 4.48. The van der Waals surface area contributed by atoms with Crippen LogP contribution in [0.4, 0.5) is 5.69 Å². The van der Waals surface area contributed by atoms with Gasteiger partial charge in [0.05, 0.1) is 30.7 Å². The van der Waals surface area contributed by atoms with Crippen LogP contribution in [0, 0.1) is 17.3 Å². The quantitative estimate of drug-likeness (QED) is 0.626. The summed E-state index contributed by atoms with van der Waals surface area (Å²) in [6.45, 7) is 5.54. The third-order valence-corrected chi connectivity index (χ3v) is 7.09. The van der Waals surface area contributed by atoms with E-state index < -0.39 is 35.2 Å². The highest BCUT2D eigenvalue weighted by atomic mass is 35.5. The summed E-state index contributed by atoms with van der Waals surface area (Å²) in [7, 11) is 1.48. The van der Waals surface area contributed by atoms with E-state index in [0.717, 1.165) is 11.1 Å². The maximum atomic E-state index is 13.9. The van der Waals surface area contributed by atoms with Gasteiger partial charge in [-0.2, -0.15) is 0 Å². The molecule has 0 aliphatic carbocycles. The normalized spacial score (nSPS) is 25.7. The van der Waals surface area contributed by atoms with Gasteiger partial charge in [-0.3, -0.25) is 14.4 Å². The van der Waals surface area contributed by atoms with Crippen LogP contribution in [0.3, 0.4) is 0 Å². The topological polar surface area (TPSA) is 66.9 Å². The number of carbonyl (C=O) groups excluding carboxylic acids is 3. The smallest absolute Gasteiger partial charge is 0.240 e. The Hall–Kier alpha value is -3.12. The van der Waals surface area contributed by atoms with Gasteiger partial charge in [0.2, 0.25) is 11.8 Å². The highest BCUT2D eigenvalue weighted by molar-refractivity contribution is 6.32. The van der Waals surface area contributed by atoms with Crippen LogP contribution in [-0.2, 0) is 14.4 Å². The molecule has 5 rings (SSSR count). The highest BCUT2D eigenvalue weighted by Gasteiger charge is 2.65. The first kappa shape index (κ1) is 21.7. The lowest BCUT2D eigenvalue weighted by atomic mass is 9.79. The van der Waals surface area contributed by atoms with Gasteiger partial charge in [-0.15, -0.1) is 0 Å². The lowest BCUT2D eigenvalue weighted by Crippen LogP contribution is -2.47. The van der Waals surface area contributed by atoms with Crippen LogP contribution in [0.1, 0.15) is 37.9 Å². The molecule has 2 amide bonds. The van der Waals surface area contributed by atoms with Gasteiger partial charge in [0.1, 0.15) is 11.8 Å². The molecule has 170 valence electrons. The van der Waals surface area contributed by atoms with Crippen molar-refractivity contribution in [2.24, 2.45) is 17.3 Å². The molecule has 0 saturated carbocycles. The van der Waals surface area contributed by atoms with Gasteiger partial charge < -0.3 is 9.64 Å². The molecule has 0 N–H and O–H groups in total. The van der Waals surface area contributed by atoms with Gasteiger partial charge in [-0.25, -0.2) is 4.90 Å². The fourth-order valence-electron chi connectivity index (χ4n) is 5.38. The van der Waals surface area contributed by atoms with Gasteiger partial charge in [0.25, 0.3) is 0 Å². The fraction of sp³-hybridized carbons (Fsp3) is 0.346. The van der Waals surface area contributed by atoms with Gasteiger partial charge in [-0.1, -0.05) is 56.6 Å². The summed E-state index contributed by atoms with van der Waals surface area (Å²) in [5, 5.41) is 0.387. The summed E-state index contributed by atoms with van der Waals surface area (Å²) in [5.41, 5.74) is 1.56. The summed E-state index contributed by atoms with van der Waals surface area (Å²) in [6.07, 6.45) is 3.81. The standard InChI is InChI=1S/C26H25ClN2O4/c1-26(2,3)23(30)22-20-19(21-16-8-6-5-7-14(16)11-12-28(21)22)24(31)29(25(20)32)17-13-15(27)9-10-18(17)33-4/h5-13,19-22H,1-4H3/t19-,20+,21-,22-/m0/s1. The number of hydrogen-bond donors (Lipinski definition) is 0. The number of Topliss-reactive ketones (excluding diaryl/α,β-unsaturated/α-hetero) is 1. The fourth-order valence-corrected chi connectivity index (χ4v) is 5.54. The largest absolute Gasteiger partial charge is 0.495 e. The van der Waals surface area contributed by atoms with Crippen LogP contribution < -0.4 is 9.64 Å². The number of hydrogen-bond acceptors (Lipinski definition) is 5. The van der Waals surface area contributed by atoms with Gasteiger partial charge in [0, 0.05) is 16.6 Å². The molecule has 0 aromatic heterocycles. The summed E-state index contributed by atoms with van der Waals surface area (Å²) >= 11 is 6.21. The molecule has 6 nitrogen and oxygen atoms in total. The number of benzene rings is 2. The maximum absolute atomic E-state index is 13.9. The van der Waals surface area contributed by atoms with E-state index in [-0.39, 0.29) is 11.7 Å². The first-order valence-corrected chi connectivity index (χ1v) is 11.3. The summed E-state index contributed by atoms with van der Waals surface area (Å²) in [6, 6.07) is 11.5. The van der Waals surface area contributed by atoms with E-state index in [9.17, 15) is 14.4 Å². The van der Waals surface area contributed by atoms with Crippen LogP contribution in [-0.4, -0.2) is 35.6 Å². The van der Waals surface area contributed by atoms with E-state index >= 15 is 0 Å². The summed E-state index contributed by atoms with van der Waals surface area (Å²) in [4.78, 5) is 44.5. The number of halogens is 1. The van der Waals surface area contributed by atoms with Crippen molar-refractivity contribution in [2.45, 2.75) is 32.9 Å². The Morgan fingerprint density at radius 3 is 2.42 bits per heavy atom. The molecule has 3 heterocycles. The number of carbonyl (C=O) groups is 3. The minimum atomic E-state index is -0.797. The number of rotatable bonds is 3. The zero-order chi connectivity index (χ0) is 23.7. The Morgan fingerprint density at radius 1 is 1.03 bits per heavy atom. The Bertz CT molecular complexity index is 1220. The number of ketones is 1. The van der Waals surface area contributed by atoms with Crippen molar-refractivity contribution in [3.63, 3.8) is 0 Å². The third kappa shape index (κ3) is 3.11. The lowest BCUT2D eigenvalue weighted by Gasteiger charge is -2.37. The van der Waals surface area contributed by atoms with Gasteiger partial charge in [0.15, 0.2) is 5.78 Å².